The molecule has 25 heavy (non-hydrogen) atoms. The quantitative estimate of drug-likeness (QED) is 0.542. The van der Waals surface area contributed by atoms with Crippen LogP contribution in [0.5, 0.6) is 17.2 Å². The third-order valence-electron chi connectivity index (χ3n) is 3.13. The first-order valence-corrected chi connectivity index (χ1v) is 8.56. The number of halogens is 1. The standard InChI is InChI=1S/C18H19BrN2O4/c1-3-24-16-10-12(9-15(19)17(16)25-4-2)11-20-21-18(23)13-5-7-14(22)8-6-13/h5-11,22H,3-4H2,1-2H3,(H,21,23)/b20-11-. The lowest BCUT2D eigenvalue weighted by Crippen LogP contribution is -2.17. The van der Waals surface area contributed by atoms with Gasteiger partial charge in [0.2, 0.25) is 0 Å². The van der Waals surface area contributed by atoms with Gasteiger partial charge in [0.05, 0.1) is 23.9 Å². The molecule has 0 aliphatic rings. The predicted molar refractivity (Wildman–Crippen MR) is 99.6 cm³/mol. The highest BCUT2D eigenvalue weighted by Gasteiger charge is 2.11. The van der Waals surface area contributed by atoms with Crippen molar-refractivity contribution in [2.45, 2.75) is 13.8 Å². The van der Waals surface area contributed by atoms with Crippen molar-refractivity contribution in [1.82, 2.24) is 5.43 Å². The largest absolute Gasteiger partial charge is 0.508 e. The second-order valence-corrected chi connectivity index (χ2v) is 5.80. The van der Waals surface area contributed by atoms with E-state index in [0.29, 0.717) is 30.3 Å². The fourth-order valence-corrected chi connectivity index (χ4v) is 2.63. The molecule has 0 radical (unpaired) electrons. The van der Waals surface area contributed by atoms with E-state index in [-0.39, 0.29) is 11.7 Å². The molecule has 0 aliphatic heterocycles. The first kappa shape index (κ1) is 18.8. The Hall–Kier alpha value is -2.54. The van der Waals surface area contributed by atoms with E-state index in [1.54, 1.807) is 6.07 Å². The zero-order valence-electron chi connectivity index (χ0n) is 14.0. The second-order valence-electron chi connectivity index (χ2n) is 4.94. The van der Waals surface area contributed by atoms with Crippen LogP contribution in [-0.4, -0.2) is 30.4 Å². The van der Waals surface area contributed by atoms with Gasteiger partial charge in [-0.1, -0.05) is 0 Å². The summed E-state index contributed by atoms with van der Waals surface area (Å²) < 4.78 is 11.9. The van der Waals surface area contributed by atoms with Crippen LogP contribution < -0.4 is 14.9 Å². The molecule has 0 unspecified atom stereocenters. The number of rotatable bonds is 7. The molecule has 0 atom stereocenters. The van der Waals surface area contributed by atoms with Crippen molar-refractivity contribution in [3.8, 4) is 17.2 Å². The van der Waals surface area contributed by atoms with Gasteiger partial charge in [-0.05, 0) is 71.7 Å². The van der Waals surface area contributed by atoms with Crippen LogP contribution in [0, 0.1) is 0 Å². The van der Waals surface area contributed by atoms with Crippen molar-refractivity contribution in [1.29, 1.82) is 0 Å². The molecule has 0 spiro atoms. The van der Waals surface area contributed by atoms with Gasteiger partial charge in [0.1, 0.15) is 5.75 Å². The van der Waals surface area contributed by atoms with E-state index in [2.05, 4.69) is 26.5 Å². The Morgan fingerprint density at radius 2 is 1.88 bits per heavy atom. The summed E-state index contributed by atoms with van der Waals surface area (Å²) in [4.78, 5) is 12.0. The topological polar surface area (TPSA) is 80.2 Å². The highest BCUT2D eigenvalue weighted by Crippen LogP contribution is 2.36. The Balaban J connectivity index is 2.12. The second kappa shape index (κ2) is 9.08. The molecule has 0 aromatic heterocycles. The van der Waals surface area contributed by atoms with Crippen LogP contribution in [0.1, 0.15) is 29.8 Å². The number of aromatic hydroxyl groups is 1. The van der Waals surface area contributed by atoms with E-state index in [0.717, 1.165) is 10.0 Å². The van der Waals surface area contributed by atoms with E-state index in [1.165, 1.54) is 30.5 Å². The summed E-state index contributed by atoms with van der Waals surface area (Å²) in [5.74, 6) is 0.966. The molecule has 2 aromatic carbocycles. The third-order valence-corrected chi connectivity index (χ3v) is 3.72. The van der Waals surface area contributed by atoms with Gasteiger partial charge in [-0.3, -0.25) is 4.79 Å². The molecule has 6 nitrogen and oxygen atoms in total. The summed E-state index contributed by atoms with van der Waals surface area (Å²) in [7, 11) is 0. The molecule has 0 fully saturated rings. The van der Waals surface area contributed by atoms with Crippen LogP contribution in [0.4, 0.5) is 0 Å². The van der Waals surface area contributed by atoms with Crippen LogP contribution in [-0.2, 0) is 0 Å². The van der Waals surface area contributed by atoms with E-state index < -0.39 is 0 Å². The molecule has 0 saturated carbocycles. The maximum absolute atomic E-state index is 12.0. The van der Waals surface area contributed by atoms with Crippen molar-refractivity contribution in [3.05, 3.63) is 52.0 Å². The van der Waals surface area contributed by atoms with Crippen LogP contribution >= 0.6 is 15.9 Å². The summed E-state index contributed by atoms with van der Waals surface area (Å²) in [6, 6.07) is 9.52. The summed E-state index contributed by atoms with van der Waals surface area (Å²) in [5.41, 5.74) is 3.58. The van der Waals surface area contributed by atoms with Crippen molar-refractivity contribution in [2.24, 2.45) is 5.10 Å². The normalized spacial score (nSPS) is 10.7. The van der Waals surface area contributed by atoms with Crippen molar-refractivity contribution < 1.29 is 19.4 Å². The Kier molecular flexibility index (Phi) is 6.82. The van der Waals surface area contributed by atoms with Crippen molar-refractivity contribution in [2.75, 3.05) is 13.2 Å². The number of benzene rings is 2. The first-order chi connectivity index (χ1) is 12.0. The monoisotopic (exact) mass is 406 g/mol. The number of hydrogen-bond acceptors (Lipinski definition) is 5. The molecule has 2 N–H and O–H groups in total. The molecule has 7 heteroatoms. The SMILES string of the molecule is CCOc1cc(/C=N\NC(=O)c2ccc(O)cc2)cc(Br)c1OCC. The molecule has 0 heterocycles. The maximum atomic E-state index is 12.0. The van der Waals surface area contributed by atoms with Crippen molar-refractivity contribution >= 4 is 28.1 Å². The Morgan fingerprint density at radius 1 is 1.20 bits per heavy atom. The molecule has 132 valence electrons. The minimum absolute atomic E-state index is 0.0998. The van der Waals surface area contributed by atoms with E-state index in [1.807, 2.05) is 19.9 Å². The number of carbonyl (C=O) groups is 1. The van der Waals surface area contributed by atoms with Gasteiger partial charge in [0.25, 0.3) is 5.91 Å². The van der Waals surface area contributed by atoms with E-state index in [4.69, 9.17) is 9.47 Å². The molecule has 2 rings (SSSR count). The molecule has 2 aromatic rings. The molecule has 1 amide bonds. The molecule has 0 bridgehead atoms. The number of nitrogens with zero attached hydrogens (tertiary/aromatic N) is 1. The molecule has 0 aliphatic carbocycles. The number of carbonyl (C=O) groups excluding carboxylic acids is 1. The molecular formula is C18H19BrN2O4. The van der Waals surface area contributed by atoms with Crippen LogP contribution in [0.15, 0.2) is 46.0 Å². The lowest BCUT2D eigenvalue weighted by atomic mass is 10.2. The third kappa shape index (κ3) is 5.22. The van der Waals surface area contributed by atoms with Gasteiger partial charge in [-0.25, -0.2) is 5.43 Å². The average molecular weight is 407 g/mol. The predicted octanol–water partition coefficient (Wildman–Crippen LogP) is 3.72. The highest BCUT2D eigenvalue weighted by molar-refractivity contribution is 9.10. The van der Waals surface area contributed by atoms with Gasteiger partial charge >= 0.3 is 0 Å². The van der Waals surface area contributed by atoms with Crippen LogP contribution in [0.25, 0.3) is 0 Å². The van der Waals surface area contributed by atoms with Gasteiger partial charge in [0.15, 0.2) is 11.5 Å². The minimum Gasteiger partial charge on any atom is -0.508 e. The lowest BCUT2D eigenvalue weighted by Gasteiger charge is -2.13. The van der Waals surface area contributed by atoms with Gasteiger partial charge in [0, 0.05) is 5.56 Å². The van der Waals surface area contributed by atoms with E-state index >= 15 is 0 Å². The number of amides is 1. The zero-order chi connectivity index (χ0) is 18.2. The summed E-state index contributed by atoms with van der Waals surface area (Å²) in [6.07, 6.45) is 1.52. The Labute approximate surface area is 154 Å². The number of nitrogens with one attached hydrogen (secondary N) is 1. The van der Waals surface area contributed by atoms with E-state index in [9.17, 15) is 9.90 Å². The van der Waals surface area contributed by atoms with Crippen LogP contribution in [0.2, 0.25) is 0 Å². The smallest absolute Gasteiger partial charge is 0.271 e. The highest BCUT2D eigenvalue weighted by atomic mass is 79.9. The average Bonchev–Trinajstić information content (AvgIpc) is 2.59. The summed E-state index contributed by atoms with van der Waals surface area (Å²) in [6.45, 7) is 4.82. The number of phenols is 1. The Morgan fingerprint density at radius 3 is 2.52 bits per heavy atom. The first-order valence-electron chi connectivity index (χ1n) is 7.76. The minimum atomic E-state index is -0.369. The number of ether oxygens (including phenoxy) is 2. The molecule has 0 saturated heterocycles. The summed E-state index contributed by atoms with van der Waals surface area (Å²) >= 11 is 3.46. The lowest BCUT2D eigenvalue weighted by molar-refractivity contribution is 0.0955. The number of hydrogen-bond donors (Lipinski definition) is 2. The van der Waals surface area contributed by atoms with Gasteiger partial charge in [-0.2, -0.15) is 5.10 Å². The Bertz CT molecular complexity index is 760. The van der Waals surface area contributed by atoms with Crippen molar-refractivity contribution in [3.63, 3.8) is 0 Å². The maximum Gasteiger partial charge on any atom is 0.271 e. The summed E-state index contributed by atoms with van der Waals surface area (Å²) in [5, 5.41) is 13.2. The number of hydrazone groups is 1. The fourth-order valence-electron chi connectivity index (χ4n) is 2.05. The molecular weight excluding hydrogens is 388 g/mol. The number of phenolic OH excluding ortho intramolecular Hbond substituents is 1. The fraction of sp³-hybridized carbons (Fsp3) is 0.222. The van der Waals surface area contributed by atoms with Gasteiger partial charge < -0.3 is 14.6 Å². The van der Waals surface area contributed by atoms with Crippen LogP contribution in [0.3, 0.4) is 0 Å². The van der Waals surface area contributed by atoms with Gasteiger partial charge in [-0.15, -0.1) is 0 Å². The zero-order valence-corrected chi connectivity index (χ0v) is 15.5.